The van der Waals surface area contributed by atoms with E-state index in [1.807, 2.05) is 31.4 Å². The van der Waals surface area contributed by atoms with Gasteiger partial charge in [0.2, 0.25) is 0 Å². The predicted molar refractivity (Wildman–Crippen MR) is 134 cm³/mol. The van der Waals surface area contributed by atoms with Gasteiger partial charge in [-0.05, 0) is 37.2 Å². The van der Waals surface area contributed by atoms with E-state index in [1.54, 1.807) is 0 Å². The maximum absolute atomic E-state index is 5.64. The molecule has 0 radical (unpaired) electrons. The van der Waals surface area contributed by atoms with E-state index in [-0.39, 0.29) is 24.0 Å². The number of benzene rings is 1. The van der Waals surface area contributed by atoms with E-state index in [0.717, 1.165) is 49.2 Å². The number of hydrogen-bond donors (Lipinski definition) is 2. The van der Waals surface area contributed by atoms with Crippen molar-refractivity contribution in [3.05, 3.63) is 42.4 Å². The fraction of sp³-hybridized carbons (Fsp3) is 0.565. The first-order chi connectivity index (χ1) is 14.2. The van der Waals surface area contributed by atoms with Gasteiger partial charge >= 0.3 is 0 Å². The molecule has 1 heterocycles. The number of aromatic amines is 1. The van der Waals surface area contributed by atoms with E-state index in [0.29, 0.717) is 12.0 Å². The van der Waals surface area contributed by atoms with Gasteiger partial charge in [0.25, 0.3) is 0 Å². The van der Waals surface area contributed by atoms with Gasteiger partial charge < -0.3 is 19.9 Å². The topological polar surface area (TPSA) is 65.5 Å². The molecule has 1 aliphatic carbocycles. The fourth-order valence-corrected chi connectivity index (χ4v) is 4.23. The average molecular weight is 525 g/mol. The second-order valence-electron chi connectivity index (χ2n) is 8.02. The van der Waals surface area contributed by atoms with Crippen molar-refractivity contribution in [1.82, 2.24) is 20.2 Å². The highest BCUT2D eigenvalue weighted by Crippen LogP contribution is 2.40. The number of ether oxygens (including phenoxy) is 1. The van der Waals surface area contributed by atoms with Crippen molar-refractivity contribution in [2.45, 2.75) is 45.6 Å². The summed E-state index contributed by atoms with van der Waals surface area (Å²) in [7, 11) is 3.90. The average Bonchev–Trinajstić information content (AvgIpc) is 3.40. The van der Waals surface area contributed by atoms with Gasteiger partial charge in [-0.1, -0.05) is 43.2 Å². The molecule has 0 spiro atoms. The summed E-state index contributed by atoms with van der Waals surface area (Å²) in [5.41, 5.74) is 2.52. The van der Waals surface area contributed by atoms with Crippen LogP contribution in [0, 0.1) is 5.41 Å². The molecule has 1 aliphatic rings. The minimum Gasteiger partial charge on any atom is -0.382 e. The Bertz CT molecular complexity index is 771. The minimum atomic E-state index is 0. The van der Waals surface area contributed by atoms with Crippen LogP contribution in [-0.4, -0.2) is 54.7 Å². The van der Waals surface area contributed by atoms with Crippen LogP contribution in [0.5, 0.6) is 0 Å². The van der Waals surface area contributed by atoms with Gasteiger partial charge in [0.15, 0.2) is 5.96 Å². The number of nitrogens with one attached hydrogen (secondary N) is 2. The lowest BCUT2D eigenvalue weighted by molar-refractivity contribution is 0.104. The maximum Gasteiger partial charge on any atom is 0.193 e. The Morgan fingerprint density at radius 3 is 2.67 bits per heavy atom. The first-order valence-corrected chi connectivity index (χ1v) is 10.7. The molecule has 30 heavy (non-hydrogen) atoms. The Morgan fingerprint density at radius 1 is 1.27 bits per heavy atom. The smallest absolute Gasteiger partial charge is 0.193 e. The predicted octanol–water partition coefficient (Wildman–Crippen LogP) is 4.69. The second-order valence-corrected chi connectivity index (χ2v) is 8.02. The lowest BCUT2D eigenvalue weighted by atomic mass is 9.83. The normalized spacial score (nSPS) is 15.6. The van der Waals surface area contributed by atoms with Crippen LogP contribution in [0.4, 0.5) is 0 Å². The van der Waals surface area contributed by atoms with Gasteiger partial charge in [-0.3, -0.25) is 4.99 Å². The summed E-state index contributed by atoms with van der Waals surface area (Å²) >= 11 is 0. The van der Waals surface area contributed by atoms with E-state index in [2.05, 4.69) is 51.3 Å². The van der Waals surface area contributed by atoms with Crippen LogP contribution >= 0.6 is 24.0 Å². The summed E-state index contributed by atoms with van der Waals surface area (Å²) in [6.07, 6.45) is 8.19. The van der Waals surface area contributed by atoms with Gasteiger partial charge in [-0.15, -0.1) is 24.0 Å². The lowest BCUT2D eigenvalue weighted by Gasteiger charge is -2.31. The Kier molecular flexibility index (Phi) is 10.1. The summed E-state index contributed by atoms with van der Waals surface area (Å²) < 4.78 is 5.64. The van der Waals surface area contributed by atoms with Crippen molar-refractivity contribution in [3.63, 3.8) is 0 Å². The summed E-state index contributed by atoms with van der Waals surface area (Å²) in [5, 5.41) is 3.62. The number of aliphatic imine (C=N–C) groups is 1. The molecule has 6 nitrogen and oxygen atoms in total. The van der Waals surface area contributed by atoms with Crippen molar-refractivity contribution in [3.8, 4) is 11.3 Å². The molecule has 0 saturated heterocycles. The number of halogens is 1. The van der Waals surface area contributed by atoms with Crippen LogP contribution in [-0.2, 0) is 11.3 Å². The first kappa shape index (κ1) is 24.7. The third-order valence-corrected chi connectivity index (χ3v) is 5.94. The van der Waals surface area contributed by atoms with Crippen molar-refractivity contribution in [2.24, 2.45) is 10.4 Å². The Hall–Kier alpha value is -1.61. The Morgan fingerprint density at radius 2 is 2.00 bits per heavy atom. The first-order valence-electron chi connectivity index (χ1n) is 10.7. The number of hydrogen-bond acceptors (Lipinski definition) is 3. The van der Waals surface area contributed by atoms with Gasteiger partial charge in [-0.25, -0.2) is 4.98 Å². The number of nitrogens with zero attached hydrogens (tertiary/aromatic N) is 3. The molecule has 0 aliphatic heterocycles. The summed E-state index contributed by atoms with van der Waals surface area (Å²) in [6.45, 7) is 5.33. The molecule has 2 N–H and O–H groups in total. The standard InChI is InChI=1S/C23H35N5O.HI/c1-4-29-15-14-23(12-8-9-13-23)18-26-22(24-2)28(3)17-21-25-16-20(27-21)19-10-6-5-7-11-19;/h5-7,10-11,16H,4,8-9,12-15,17-18H2,1-3H3,(H,24,26)(H,25,27);1H. The van der Waals surface area contributed by atoms with Gasteiger partial charge in [0.05, 0.1) is 18.4 Å². The number of guanidine groups is 1. The number of H-pyrrole nitrogens is 1. The monoisotopic (exact) mass is 525 g/mol. The van der Waals surface area contributed by atoms with E-state index >= 15 is 0 Å². The second kappa shape index (κ2) is 12.3. The van der Waals surface area contributed by atoms with Crippen LogP contribution in [0.2, 0.25) is 0 Å². The molecule has 0 unspecified atom stereocenters. The zero-order valence-electron chi connectivity index (χ0n) is 18.5. The Labute approximate surface area is 197 Å². The highest BCUT2D eigenvalue weighted by molar-refractivity contribution is 14.0. The molecule has 0 bridgehead atoms. The van der Waals surface area contributed by atoms with Gasteiger partial charge in [0, 0.05) is 33.9 Å². The number of imidazole rings is 1. The molecule has 1 saturated carbocycles. The quantitative estimate of drug-likeness (QED) is 0.216. The van der Waals surface area contributed by atoms with E-state index < -0.39 is 0 Å². The molecule has 1 fully saturated rings. The summed E-state index contributed by atoms with van der Waals surface area (Å²) in [4.78, 5) is 14.6. The SMILES string of the molecule is CCOCCC1(CNC(=NC)N(C)Cc2ncc(-c3ccccc3)[nH]2)CCCC1.I. The van der Waals surface area contributed by atoms with Crippen LogP contribution in [0.3, 0.4) is 0 Å². The molecule has 7 heteroatoms. The van der Waals surface area contributed by atoms with Gasteiger partial charge in [-0.2, -0.15) is 0 Å². The zero-order chi connectivity index (χ0) is 20.5. The van der Waals surface area contributed by atoms with Crippen LogP contribution in [0.15, 0.2) is 41.5 Å². The van der Waals surface area contributed by atoms with Crippen LogP contribution in [0.1, 0.15) is 44.9 Å². The van der Waals surface area contributed by atoms with Crippen LogP contribution < -0.4 is 5.32 Å². The fourth-order valence-electron chi connectivity index (χ4n) is 4.23. The third-order valence-electron chi connectivity index (χ3n) is 5.94. The van der Waals surface area contributed by atoms with E-state index in [9.17, 15) is 0 Å². The van der Waals surface area contributed by atoms with E-state index in [4.69, 9.17) is 4.74 Å². The molecule has 166 valence electrons. The molecule has 1 aromatic carbocycles. The summed E-state index contributed by atoms with van der Waals surface area (Å²) in [6, 6.07) is 10.3. The minimum absolute atomic E-state index is 0. The molecule has 2 aromatic rings. The van der Waals surface area contributed by atoms with Crippen LogP contribution in [0.25, 0.3) is 11.3 Å². The van der Waals surface area contributed by atoms with Crippen molar-refractivity contribution >= 4 is 29.9 Å². The van der Waals surface area contributed by atoms with E-state index in [1.165, 1.54) is 25.7 Å². The molecular weight excluding hydrogens is 489 g/mol. The number of rotatable bonds is 9. The highest BCUT2D eigenvalue weighted by atomic mass is 127. The van der Waals surface area contributed by atoms with Crippen molar-refractivity contribution in [2.75, 3.05) is 33.9 Å². The van der Waals surface area contributed by atoms with Gasteiger partial charge in [0.1, 0.15) is 5.82 Å². The largest absolute Gasteiger partial charge is 0.382 e. The van der Waals surface area contributed by atoms with Crippen molar-refractivity contribution in [1.29, 1.82) is 0 Å². The zero-order valence-corrected chi connectivity index (χ0v) is 20.8. The Balaban J connectivity index is 0.00000320. The summed E-state index contributed by atoms with van der Waals surface area (Å²) in [5.74, 6) is 1.84. The lowest BCUT2D eigenvalue weighted by Crippen LogP contribution is -2.44. The molecule has 3 rings (SSSR count). The highest BCUT2D eigenvalue weighted by Gasteiger charge is 2.33. The molecule has 1 aromatic heterocycles. The van der Waals surface area contributed by atoms with Crippen molar-refractivity contribution < 1.29 is 4.74 Å². The number of aromatic nitrogens is 2. The molecule has 0 atom stereocenters. The molecule has 0 amide bonds. The molecular formula is C23H36IN5O. The maximum atomic E-state index is 5.64. The third kappa shape index (κ3) is 6.70.